The van der Waals surface area contributed by atoms with Crippen LogP contribution in [-0.4, -0.2) is 23.1 Å². The van der Waals surface area contributed by atoms with Gasteiger partial charge in [0, 0.05) is 12.8 Å². The largest absolute Gasteiger partial charge is 0.481 e. The maximum absolute atomic E-state index is 12.2. The van der Waals surface area contributed by atoms with Crippen molar-refractivity contribution in [1.29, 1.82) is 0 Å². The first-order valence-electron chi connectivity index (χ1n) is 17.6. The van der Waals surface area contributed by atoms with Crippen LogP contribution in [0.3, 0.4) is 0 Å². The molecule has 242 valence electrons. The van der Waals surface area contributed by atoms with Gasteiger partial charge in [0.1, 0.15) is 6.10 Å². The fourth-order valence-corrected chi connectivity index (χ4v) is 4.93. The van der Waals surface area contributed by atoms with Gasteiger partial charge in [-0.1, -0.05) is 140 Å². The Kier molecular flexibility index (Phi) is 31.7. The Morgan fingerprint density at radius 1 is 0.548 bits per heavy atom. The summed E-state index contributed by atoms with van der Waals surface area (Å²) in [6.07, 6.45) is 44.9. The van der Waals surface area contributed by atoms with E-state index >= 15 is 0 Å². The van der Waals surface area contributed by atoms with Crippen LogP contribution in [0, 0.1) is 0 Å². The molecule has 0 bridgehead atoms. The fraction of sp³-hybridized carbons (Fsp3) is 0.737. The predicted octanol–water partition coefficient (Wildman–Crippen LogP) is 12.0. The van der Waals surface area contributed by atoms with Gasteiger partial charge >= 0.3 is 11.9 Å². The van der Waals surface area contributed by atoms with Crippen LogP contribution in [0.4, 0.5) is 0 Å². The lowest BCUT2D eigenvalue weighted by molar-refractivity contribution is -0.149. The molecule has 1 N–H and O–H groups in total. The van der Waals surface area contributed by atoms with Gasteiger partial charge in [0.25, 0.3) is 0 Å². The number of aliphatic carboxylic acids is 1. The summed E-state index contributed by atoms with van der Waals surface area (Å²) in [5.74, 6) is -0.717. The van der Waals surface area contributed by atoms with Crippen molar-refractivity contribution >= 4 is 11.9 Å². The van der Waals surface area contributed by atoms with Crippen molar-refractivity contribution in [3.63, 3.8) is 0 Å². The molecule has 0 aromatic carbocycles. The smallest absolute Gasteiger partial charge is 0.306 e. The first-order valence-corrected chi connectivity index (χ1v) is 17.6. The third kappa shape index (κ3) is 32.4. The Bertz CT molecular complexity index is 719. The molecule has 0 aromatic heterocycles. The van der Waals surface area contributed by atoms with E-state index < -0.39 is 5.97 Å². The second-order valence-corrected chi connectivity index (χ2v) is 11.7. The molecule has 0 saturated carbocycles. The molecule has 1 atom stereocenters. The summed E-state index contributed by atoms with van der Waals surface area (Å²) in [5, 5.41) is 8.64. The number of unbranched alkanes of at least 4 members (excludes halogenated alkanes) is 15. The van der Waals surface area contributed by atoms with E-state index in [-0.39, 0.29) is 12.1 Å². The van der Waals surface area contributed by atoms with Crippen LogP contribution >= 0.6 is 0 Å². The second kappa shape index (κ2) is 33.4. The highest BCUT2D eigenvalue weighted by molar-refractivity contribution is 5.69. The molecule has 1 unspecified atom stereocenters. The minimum absolute atomic E-state index is 0.0420. The maximum Gasteiger partial charge on any atom is 0.306 e. The number of carbonyl (C=O) groups excluding carboxylic acids is 1. The van der Waals surface area contributed by atoms with Crippen molar-refractivity contribution in [2.24, 2.45) is 0 Å². The van der Waals surface area contributed by atoms with Gasteiger partial charge in [0.2, 0.25) is 0 Å². The van der Waals surface area contributed by atoms with E-state index in [0.29, 0.717) is 12.8 Å². The molecule has 0 aromatic rings. The monoisotopic (exact) mass is 586 g/mol. The highest BCUT2D eigenvalue weighted by atomic mass is 16.5. The van der Waals surface area contributed by atoms with E-state index in [4.69, 9.17) is 9.84 Å². The molecule has 0 heterocycles. The number of carboxylic acid groups (broad SMARTS) is 1. The number of esters is 1. The van der Waals surface area contributed by atoms with Gasteiger partial charge in [0.15, 0.2) is 0 Å². The minimum Gasteiger partial charge on any atom is -0.481 e. The molecule has 0 aliphatic heterocycles. The van der Waals surface area contributed by atoms with Crippen molar-refractivity contribution in [1.82, 2.24) is 0 Å². The Labute approximate surface area is 260 Å². The molecule has 42 heavy (non-hydrogen) atoms. The third-order valence-electron chi connectivity index (χ3n) is 7.63. The number of hydrogen-bond donors (Lipinski definition) is 1. The average molecular weight is 587 g/mol. The Morgan fingerprint density at radius 2 is 1.00 bits per heavy atom. The third-order valence-corrected chi connectivity index (χ3v) is 7.63. The summed E-state index contributed by atoms with van der Waals surface area (Å²) >= 11 is 0. The van der Waals surface area contributed by atoms with E-state index in [9.17, 15) is 9.59 Å². The zero-order valence-corrected chi connectivity index (χ0v) is 27.5. The van der Waals surface area contributed by atoms with Gasteiger partial charge in [-0.25, -0.2) is 0 Å². The molecule has 0 aliphatic rings. The molecule has 0 saturated heterocycles. The summed E-state index contributed by atoms with van der Waals surface area (Å²) in [6, 6.07) is 0. The number of carbonyl (C=O) groups is 2. The number of allylic oxidation sites excluding steroid dienone is 8. The maximum atomic E-state index is 12.2. The summed E-state index contributed by atoms with van der Waals surface area (Å²) in [7, 11) is 0. The van der Waals surface area contributed by atoms with Crippen LogP contribution in [0.1, 0.15) is 174 Å². The van der Waals surface area contributed by atoms with Crippen LogP contribution in [-0.2, 0) is 14.3 Å². The van der Waals surface area contributed by atoms with E-state index in [2.05, 4.69) is 62.5 Å². The second-order valence-electron chi connectivity index (χ2n) is 11.7. The molecule has 4 nitrogen and oxygen atoms in total. The first kappa shape index (κ1) is 39.9. The Balaban J connectivity index is 3.59. The van der Waals surface area contributed by atoms with Crippen molar-refractivity contribution in [2.45, 2.75) is 180 Å². The standard InChI is InChI=1S/C38H66O4/c1-3-5-6-7-8-9-10-11-12-13-14-15-20-23-26-29-32-35-38(41)42-36(4-2)33-30-27-24-21-18-16-17-19-22-25-28-31-34-37(39)40/h8-9,11-12,14-15,23,26,36H,3-7,10,13,16-22,24-25,27-35H2,1-2H3,(H,39,40)/b9-8-,12-11-,15-14-,26-23-. The minimum atomic E-state index is -0.675. The van der Waals surface area contributed by atoms with Gasteiger partial charge in [-0.3, -0.25) is 9.59 Å². The van der Waals surface area contributed by atoms with Gasteiger partial charge in [-0.15, -0.1) is 0 Å². The fourth-order valence-electron chi connectivity index (χ4n) is 4.93. The summed E-state index contributed by atoms with van der Waals surface area (Å²) in [4.78, 5) is 22.7. The van der Waals surface area contributed by atoms with Crippen molar-refractivity contribution in [2.75, 3.05) is 0 Å². The van der Waals surface area contributed by atoms with Crippen LogP contribution < -0.4 is 0 Å². The summed E-state index contributed by atoms with van der Waals surface area (Å²) < 4.78 is 5.73. The molecular formula is C38H66O4. The van der Waals surface area contributed by atoms with Crippen LogP contribution in [0.25, 0.3) is 0 Å². The normalized spacial score (nSPS) is 12.8. The van der Waals surface area contributed by atoms with E-state index in [1.54, 1.807) is 0 Å². The SMILES string of the molecule is CCCCC/C=C\C/C=C\C/C=C\C/C=C\CCCC(=O)OC(CC)CCCCCCCCCCCCCCC(=O)O. The molecule has 4 heteroatoms. The molecule has 0 rings (SSSR count). The van der Waals surface area contributed by atoms with Crippen LogP contribution in [0.2, 0.25) is 0 Å². The molecule has 0 spiro atoms. The van der Waals surface area contributed by atoms with Gasteiger partial charge in [-0.05, 0) is 70.6 Å². The highest BCUT2D eigenvalue weighted by Gasteiger charge is 2.11. The zero-order chi connectivity index (χ0) is 30.8. The lowest BCUT2D eigenvalue weighted by Gasteiger charge is -2.16. The average Bonchev–Trinajstić information content (AvgIpc) is 2.98. The van der Waals surface area contributed by atoms with Crippen LogP contribution in [0.15, 0.2) is 48.6 Å². The van der Waals surface area contributed by atoms with Crippen molar-refractivity contribution < 1.29 is 19.4 Å². The highest BCUT2D eigenvalue weighted by Crippen LogP contribution is 2.16. The summed E-state index contributed by atoms with van der Waals surface area (Å²) in [6.45, 7) is 4.36. The topological polar surface area (TPSA) is 63.6 Å². The van der Waals surface area contributed by atoms with Gasteiger partial charge in [-0.2, -0.15) is 0 Å². The number of hydrogen-bond acceptors (Lipinski definition) is 3. The quantitative estimate of drug-likeness (QED) is 0.0498. The number of carboxylic acids is 1. The Hall–Kier alpha value is -2.10. The van der Waals surface area contributed by atoms with Gasteiger partial charge in [0.05, 0.1) is 0 Å². The number of ether oxygens (including phenoxy) is 1. The number of rotatable bonds is 31. The van der Waals surface area contributed by atoms with Crippen molar-refractivity contribution in [3.05, 3.63) is 48.6 Å². The predicted molar refractivity (Wildman–Crippen MR) is 181 cm³/mol. The molecular weight excluding hydrogens is 520 g/mol. The zero-order valence-electron chi connectivity index (χ0n) is 27.5. The van der Waals surface area contributed by atoms with Gasteiger partial charge < -0.3 is 9.84 Å². The Morgan fingerprint density at radius 3 is 1.48 bits per heavy atom. The van der Waals surface area contributed by atoms with E-state index in [0.717, 1.165) is 64.2 Å². The molecule has 0 radical (unpaired) electrons. The van der Waals surface area contributed by atoms with Crippen LogP contribution in [0.5, 0.6) is 0 Å². The van der Waals surface area contributed by atoms with E-state index in [1.165, 1.54) is 83.5 Å². The molecule has 0 amide bonds. The lowest BCUT2D eigenvalue weighted by Crippen LogP contribution is -2.17. The van der Waals surface area contributed by atoms with Crippen molar-refractivity contribution in [3.8, 4) is 0 Å². The lowest BCUT2D eigenvalue weighted by atomic mass is 10.0. The summed E-state index contributed by atoms with van der Waals surface area (Å²) in [5.41, 5.74) is 0. The van der Waals surface area contributed by atoms with E-state index in [1.807, 2.05) is 0 Å². The molecule has 0 fully saturated rings. The first-order chi connectivity index (χ1) is 20.6. The molecule has 0 aliphatic carbocycles.